The number of aromatic nitrogens is 1. The molecule has 0 aromatic carbocycles. The molecule has 0 saturated carbocycles. The molecule has 0 amide bonds. The fraction of sp³-hybridized carbons (Fsp3) is 0.700. The number of nitrogens with one attached hydrogen (secondary N) is 1. The number of rotatable bonds is 6. The summed E-state index contributed by atoms with van der Waals surface area (Å²) in [6, 6.07) is 0. The molecule has 0 spiro atoms. The van der Waals surface area contributed by atoms with Crippen LogP contribution in [0.15, 0.2) is 0 Å². The van der Waals surface area contributed by atoms with E-state index in [1.165, 1.54) is 24.4 Å². The molecule has 4 nitrogen and oxygen atoms in total. The van der Waals surface area contributed by atoms with Crippen LogP contribution in [0, 0.1) is 5.92 Å². The van der Waals surface area contributed by atoms with E-state index in [2.05, 4.69) is 23.5 Å². The van der Waals surface area contributed by atoms with Crippen molar-refractivity contribution in [3.63, 3.8) is 0 Å². The van der Waals surface area contributed by atoms with Gasteiger partial charge in [0.1, 0.15) is 0 Å². The Morgan fingerprint density at radius 3 is 2.67 bits per heavy atom. The van der Waals surface area contributed by atoms with Crippen LogP contribution in [-0.4, -0.2) is 18.0 Å². The third-order valence-electron chi connectivity index (χ3n) is 2.58. The van der Waals surface area contributed by atoms with E-state index in [0.717, 1.165) is 11.5 Å². The number of hydrogen-bond donors (Lipinski definition) is 2. The predicted octanol–water partition coefficient (Wildman–Crippen LogP) is 2.58. The van der Waals surface area contributed by atoms with Gasteiger partial charge in [0.15, 0.2) is 16.6 Å². The number of anilines is 2. The van der Waals surface area contributed by atoms with Gasteiger partial charge >= 0.3 is 0 Å². The number of nitrogen functional groups attached to an aromatic ring is 1. The van der Waals surface area contributed by atoms with Gasteiger partial charge in [-0.25, -0.2) is 0 Å². The molecule has 1 heterocycles. The Labute approximate surface area is 95.0 Å². The lowest BCUT2D eigenvalue weighted by Crippen LogP contribution is -2.12. The third-order valence-corrected chi connectivity index (χ3v) is 3.38. The van der Waals surface area contributed by atoms with E-state index in [4.69, 9.17) is 10.5 Å². The number of ether oxygens (including phenoxy) is 1. The molecule has 0 unspecified atom stereocenters. The van der Waals surface area contributed by atoms with Crippen LogP contribution in [-0.2, 0) is 0 Å². The summed E-state index contributed by atoms with van der Waals surface area (Å²) < 4.78 is 9.23. The van der Waals surface area contributed by atoms with Gasteiger partial charge in [-0.2, -0.15) is 4.37 Å². The Kier molecular flexibility index (Phi) is 4.68. The van der Waals surface area contributed by atoms with Crippen molar-refractivity contribution in [1.82, 2.24) is 4.37 Å². The van der Waals surface area contributed by atoms with Gasteiger partial charge in [0.05, 0.1) is 7.11 Å². The molecule has 1 aromatic heterocycles. The summed E-state index contributed by atoms with van der Waals surface area (Å²) in [6.45, 7) is 5.35. The SMILES string of the molecule is CCC(CC)CNc1snc(N)c1OC. The van der Waals surface area contributed by atoms with E-state index in [0.29, 0.717) is 17.5 Å². The average molecular weight is 229 g/mol. The van der Waals surface area contributed by atoms with Crippen LogP contribution in [0.2, 0.25) is 0 Å². The Morgan fingerprint density at radius 2 is 2.13 bits per heavy atom. The predicted molar refractivity (Wildman–Crippen MR) is 65.6 cm³/mol. The van der Waals surface area contributed by atoms with Crippen LogP contribution in [0.1, 0.15) is 26.7 Å². The zero-order valence-corrected chi connectivity index (χ0v) is 10.4. The van der Waals surface area contributed by atoms with E-state index >= 15 is 0 Å². The molecule has 0 atom stereocenters. The third kappa shape index (κ3) is 2.99. The molecule has 0 fully saturated rings. The molecule has 0 bridgehead atoms. The zero-order valence-electron chi connectivity index (χ0n) is 9.54. The fourth-order valence-electron chi connectivity index (χ4n) is 1.42. The van der Waals surface area contributed by atoms with Gasteiger partial charge in [-0.15, -0.1) is 0 Å². The first kappa shape index (κ1) is 12.1. The van der Waals surface area contributed by atoms with E-state index in [1.54, 1.807) is 7.11 Å². The highest BCUT2D eigenvalue weighted by Crippen LogP contribution is 2.34. The summed E-state index contributed by atoms with van der Waals surface area (Å²) in [5.74, 6) is 1.83. The van der Waals surface area contributed by atoms with Crippen LogP contribution in [0.25, 0.3) is 0 Å². The number of methoxy groups -OCH3 is 1. The quantitative estimate of drug-likeness (QED) is 0.787. The Balaban J connectivity index is 2.56. The van der Waals surface area contributed by atoms with Crippen LogP contribution in [0.3, 0.4) is 0 Å². The molecular formula is C10H19N3OS. The van der Waals surface area contributed by atoms with Gasteiger partial charge in [0.2, 0.25) is 0 Å². The van der Waals surface area contributed by atoms with Gasteiger partial charge in [-0.3, -0.25) is 0 Å². The van der Waals surface area contributed by atoms with Crippen LogP contribution >= 0.6 is 11.5 Å². The molecule has 3 N–H and O–H groups in total. The largest absolute Gasteiger partial charge is 0.490 e. The van der Waals surface area contributed by atoms with Crippen molar-refractivity contribution in [1.29, 1.82) is 0 Å². The highest BCUT2D eigenvalue weighted by atomic mass is 32.1. The van der Waals surface area contributed by atoms with Crippen molar-refractivity contribution in [2.75, 3.05) is 24.7 Å². The van der Waals surface area contributed by atoms with E-state index in [9.17, 15) is 0 Å². The van der Waals surface area contributed by atoms with Crippen molar-refractivity contribution in [3.8, 4) is 5.75 Å². The van der Waals surface area contributed by atoms with Crippen LogP contribution < -0.4 is 15.8 Å². The van der Waals surface area contributed by atoms with Crippen molar-refractivity contribution in [2.24, 2.45) is 5.92 Å². The summed E-state index contributed by atoms with van der Waals surface area (Å²) in [4.78, 5) is 0. The lowest BCUT2D eigenvalue weighted by atomic mass is 10.0. The smallest absolute Gasteiger partial charge is 0.197 e. The first-order valence-electron chi connectivity index (χ1n) is 5.25. The number of nitrogens with two attached hydrogens (primary N) is 1. The molecular weight excluding hydrogens is 210 g/mol. The van der Waals surface area contributed by atoms with Crippen molar-refractivity contribution < 1.29 is 4.74 Å². The zero-order chi connectivity index (χ0) is 11.3. The van der Waals surface area contributed by atoms with Gasteiger partial charge in [-0.05, 0) is 17.5 Å². The summed E-state index contributed by atoms with van der Waals surface area (Å²) in [7, 11) is 1.61. The first-order chi connectivity index (χ1) is 7.22. The monoisotopic (exact) mass is 229 g/mol. The molecule has 0 aliphatic heterocycles. The Hall–Kier alpha value is -0.970. The molecule has 1 aromatic rings. The summed E-state index contributed by atoms with van der Waals surface area (Å²) >= 11 is 1.35. The van der Waals surface area contributed by atoms with Gasteiger partial charge in [0.25, 0.3) is 0 Å². The molecule has 0 radical (unpaired) electrons. The summed E-state index contributed by atoms with van der Waals surface area (Å²) in [5.41, 5.74) is 5.66. The highest BCUT2D eigenvalue weighted by molar-refractivity contribution is 7.11. The van der Waals surface area contributed by atoms with Crippen LogP contribution in [0.5, 0.6) is 5.75 Å². The minimum atomic E-state index is 0.467. The summed E-state index contributed by atoms with van der Waals surface area (Å²) in [5, 5.41) is 4.27. The highest BCUT2D eigenvalue weighted by Gasteiger charge is 2.12. The normalized spacial score (nSPS) is 10.7. The minimum Gasteiger partial charge on any atom is -0.490 e. The number of nitrogens with zero attached hydrogens (tertiary/aromatic N) is 1. The molecule has 1 rings (SSSR count). The lowest BCUT2D eigenvalue weighted by Gasteiger charge is -2.13. The van der Waals surface area contributed by atoms with Crippen LogP contribution in [0.4, 0.5) is 10.8 Å². The van der Waals surface area contributed by atoms with Gasteiger partial charge in [-0.1, -0.05) is 26.7 Å². The minimum absolute atomic E-state index is 0.467. The van der Waals surface area contributed by atoms with Crippen molar-refractivity contribution >= 4 is 22.4 Å². The fourth-order valence-corrected chi connectivity index (χ4v) is 2.11. The van der Waals surface area contributed by atoms with Crippen molar-refractivity contribution in [3.05, 3.63) is 0 Å². The van der Waals surface area contributed by atoms with Crippen molar-refractivity contribution in [2.45, 2.75) is 26.7 Å². The Morgan fingerprint density at radius 1 is 1.47 bits per heavy atom. The number of hydrogen-bond acceptors (Lipinski definition) is 5. The second kappa shape index (κ2) is 5.80. The van der Waals surface area contributed by atoms with E-state index in [-0.39, 0.29) is 0 Å². The maximum absolute atomic E-state index is 5.66. The molecule has 5 heteroatoms. The maximum Gasteiger partial charge on any atom is 0.197 e. The average Bonchev–Trinajstić information content (AvgIpc) is 2.61. The topological polar surface area (TPSA) is 60.2 Å². The summed E-state index contributed by atoms with van der Waals surface area (Å²) in [6.07, 6.45) is 2.36. The van der Waals surface area contributed by atoms with E-state index in [1.807, 2.05) is 0 Å². The second-order valence-electron chi connectivity index (χ2n) is 3.49. The first-order valence-corrected chi connectivity index (χ1v) is 6.03. The molecule has 86 valence electrons. The molecule has 0 aliphatic carbocycles. The Bertz CT molecular complexity index is 297. The van der Waals surface area contributed by atoms with Gasteiger partial charge in [0, 0.05) is 6.54 Å². The molecule has 15 heavy (non-hydrogen) atoms. The standard InChI is InChI=1S/C10H19N3OS/c1-4-7(5-2)6-12-10-8(14-3)9(11)13-15-10/h7,12H,4-6H2,1-3H3,(H2,11,13). The second-order valence-corrected chi connectivity index (χ2v) is 4.27. The van der Waals surface area contributed by atoms with E-state index < -0.39 is 0 Å². The maximum atomic E-state index is 5.66. The molecule has 0 saturated heterocycles. The van der Waals surface area contributed by atoms with Gasteiger partial charge < -0.3 is 15.8 Å². The lowest BCUT2D eigenvalue weighted by molar-refractivity contribution is 0.418. The molecule has 0 aliphatic rings.